The van der Waals surface area contributed by atoms with Gasteiger partial charge in [0.1, 0.15) is 0 Å². The van der Waals surface area contributed by atoms with Gasteiger partial charge in [-0.2, -0.15) is 0 Å². The zero-order chi connectivity index (χ0) is 13.1. The molecule has 0 aromatic heterocycles. The van der Waals surface area contributed by atoms with Gasteiger partial charge in [0.15, 0.2) is 0 Å². The van der Waals surface area contributed by atoms with Gasteiger partial charge in [-0.25, -0.2) is 0 Å². The number of rotatable bonds is 2. The summed E-state index contributed by atoms with van der Waals surface area (Å²) in [5.41, 5.74) is 0.659. The van der Waals surface area contributed by atoms with Gasteiger partial charge >= 0.3 is 0 Å². The van der Waals surface area contributed by atoms with E-state index in [2.05, 4.69) is 36.8 Å². The summed E-state index contributed by atoms with van der Waals surface area (Å²) in [6.45, 7) is 4.26. The second-order valence-electron chi connectivity index (χ2n) is 5.13. The predicted molar refractivity (Wildman–Crippen MR) is 76.2 cm³/mol. The van der Waals surface area contributed by atoms with Gasteiger partial charge in [0, 0.05) is 17.5 Å². The topological polar surface area (TPSA) is 32.3 Å². The number of amides is 1. The Hall–Kier alpha value is -1.00. The van der Waals surface area contributed by atoms with Crippen LogP contribution in [0.25, 0.3) is 0 Å². The van der Waals surface area contributed by atoms with Crippen molar-refractivity contribution in [2.75, 3.05) is 20.1 Å². The zero-order valence-electron chi connectivity index (χ0n) is 10.9. The fourth-order valence-electron chi connectivity index (χ4n) is 2.48. The number of carbonyl (C=O) groups is 1. The molecule has 1 aromatic carbocycles. The molecule has 3 nitrogen and oxygen atoms in total. The molecule has 1 saturated heterocycles. The number of hydrogen-bond acceptors (Lipinski definition) is 3. The Kier molecular flexibility index (Phi) is 4.30. The zero-order valence-corrected chi connectivity index (χ0v) is 11.8. The van der Waals surface area contributed by atoms with E-state index in [-0.39, 0.29) is 11.9 Å². The maximum Gasteiger partial charge on any atom is 0.252 e. The largest absolute Gasteiger partial charge is 0.349 e. The normalized spacial score (nSPS) is 24.8. The molecule has 0 aliphatic carbocycles. The molecule has 0 spiro atoms. The van der Waals surface area contributed by atoms with Crippen LogP contribution in [0.4, 0.5) is 0 Å². The number of thiol groups is 1. The highest BCUT2D eigenvalue weighted by atomic mass is 32.1. The molecule has 0 bridgehead atoms. The lowest BCUT2D eigenvalue weighted by molar-refractivity contribution is 0.0881. The molecule has 1 aromatic rings. The molecule has 1 aliphatic rings. The minimum absolute atomic E-state index is 0.0120. The minimum atomic E-state index is -0.0120. The third-order valence-corrected chi connectivity index (χ3v) is 3.96. The van der Waals surface area contributed by atoms with E-state index in [0.717, 1.165) is 24.4 Å². The van der Waals surface area contributed by atoms with Crippen molar-refractivity contribution >= 4 is 18.5 Å². The standard InChI is InChI=1S/C14H20N2OS/c1-10-9-16(2)8-7-12(10)15-14(17)11-5-3-4-6-13(11)18/h3-6,10,12,18H,7-9H2,1-2H3,(H,15,17). The Labute approximate surface area is 114 Å². The summed E-state index contributed by atoms with van der Waals surface area (Å²) in [6.07, 6.45) is 1.01. The van der Waals surface area contributed by atoms with Gasteiger partial charge < -0.3 is 10.2 Å². The van der Waals surface area contributed by atoms with E-state index in [4.69, 9.17) is 0 Å². The Morgan fingerprint density at radius 2 is 2.17 bits per heavy atom. The molecular formula is C14H20N2OS. The van der Waals surface area contributed by atoms with Crippen molar-refractivity contribution in [3.8, 4) is 0 Å². The van der Waals surface area contributed by atoms with Crippen molar-refractivity contribution in [1.29, 1.82) is 0 Å². The first kappa shape index (κ1) is 13.4. The van der Waals surface area contributed by atoms with Crippen LogP contribution in [0.15, 0.2) is 29.2 Å². The molecule has 0 saturated carbocycles. The molecule has 0 radical (unpaired) electrons. The molecule has 2 unspecified atom stereocenters. The SMILES string of the molecule is CC1CN(C)CCC1NC(=O)c1ccccc1S. The second kappa shape index (κ2) is 5.76. The fraction of sp³-hybridized carbons (Fsp3) is 0.500. The van der Waals surface area contributed by atoms with Gasteiger partial charge in [-0.15, -0.1) is 12.6 Å². The molecule has 1 amide bonds. The lowest BCUT2D eigenvalue weighted by Crippen LogP contribution is -2.48. The molecule has 1 heterocycles. The van der Waals surface area contributed by atoms with Crippen LogP contribution in [0.3, 0.4) is 0 Å². The Morgan fingerprint density at radius 3 is 2.83 bits per heavy atom. The molecule has 18 heavy (non-hydrogen) atoms. The Bertz CT molecular complexity index is 436. The number of nitrogens with one attached hydrogen (secondary N) is 1. The van der Waals surface area contributed by atoms with E-state index >= 15 is 0 Å². The highest BCUT2D eigenvalue weighted by Gasteiger charge is 2.26. The van der Waals surface area contributed by atoms with Crippen molar-refractivity contribution in [2.45, 2.75) is 24.3 Å². The predicted octanol–water partition coefficient (Wildman–Crippen LogP) is 2.05. The maximum atomic E-state index is 12.2. The molecule has 1 fully saturated rings. The number of hydrogen-bond donors (Lipinski definition) is 2. The van der Waals surface area contributed by atoms with Crippen LogP contribution in [0.1, 0.15) is 23.7 Å². The molecule has 2 rings (SSSR count). The average Bonchev–Trinajstić information content (AvgIpc) is 2.33. The summed E-state index contributed by atoms with van der Waals surface area (Å²) in [5.74, 6) is 0.474. The Morgan fingerprint density at radius 1 is 1.44 bits per heavy atom. The van der Waals surface area contributed by atoms with Crippen molar-refractivity contribution in [2.24, 2.45) is 5.92 Å². The first-order valence-corrected chi connectivity index (χ1v) is 6.80. The molecule has 1 N–H and O–H groups in total. The molecule has 98 valence electrons. The van der Waals surface area contributed by atoms with Gasteiger partial charge in [-0.05, 0) is 38.1 Å². The van der Waals surface area contributed by atoms with Gasteiger partial charge in [0.2, 0.25) is 0 Å². The van der Waals surface area contributed by atoms with Crippen molar-refractivity contribution < 1.29 is 4.79 Å². The van der Waals surface area contributed by atoms with Gasteiger partial charge in [0.05, 0.1) is 5.56 Å². The van der Waals surface area contributed by atoms with E-state index in [1.165, 1.54) is 0 Å². The van der Waals surface area contributed by atoms with E-state index in [1.807, 2.05) is 24.3 Å². The van der Waals surface area contributed by atoms with E-state index in [0.29, 0.717) is 11.5 Å². The van der Waals surface area contributed by atoms with Crippen LogP contribution >= 0.6 is 12.6 Å². The molecular weight excluding hydrogens is 244 g/mol. The quantitative estimate of drug-likeness (QED) is 0.801. The lowest BCUT2D eigenvalue weighted by atomic mass is 9.94. The number of likely N-dealkylation sites (tertiary alicyclic amines) is 1. The van der Waals surface area contributed by atoms with E-state index < -0.39 is 0 Å². The molecule has 1 aliphatic heterocycles. The van der Waals surface area contributed by atoms with Crippen LogP contribution in [-0.2, 0) is 0 Å². The van der Waals surface area contributed by atoms with Crippen LogP contribution in [0, 0.1) is 5.92 Å². The molecule has 4 heteroatoms. The highest BCUT2D eigenvalue weighted by Crippen LogP contribution is 2.18. The maximum absolute atomic E-state index is 12.2. The van der Waals surface area contributed by atoms with Crippen molar-refractivity contribution in [1.82, 2.24) is 10.2 Å². The van der Waals surface area contributed by atoms with E-state index in [1.54, 1.807) is 0 Å². The minimum Gasteiger partial charge on any atom is -0.349 e. The van der Waals surface area contributed by atoms with Crippen LogP contribution < -0.4 is 5.32 Å². The van der Waals surface area contributed by atoms with Crippen LogP contribution in [0.5, 0.6) is 0 Å². The third-order valence-electron chi connectivity index (χ3n) is 3.57. The Balaban J connectivity index is 2.02. The van der Waals surface area contributed by atoms with Gasteiger partial charge in [-0.1, -0.05) is 19.1 Å². The number of piperidine rings is 1. The van der Waals surface area contributed by atoms with Gasteiger partial charge in [0.25, 0.3) is 5.91 Å². The van der Waals surface area contributed by atoms with Crippen LogP contribution in [0.2, 0.25) is 0 Å². The first-order valence-electron chi connectivity index (χ1n) is 6.35. The number of nitrogens with zero attached hydrogens (tertiary/aromatic N) is 1. The van der Waals surface area contributed by atoms with Crippen LogP contribution in [-0.4, -0.2) is 37.0 Å². The fourth-order valence-corrected chi connectivity index (χ4v) is 2.74. The third kappa shape index (κ3) is 3.06. The average molecular weight is 264 g/mol. The summed E-state index contributed by atoms with van der Waals surface area (Å²) in [7, 11) is 2.12. The number of carbonyl (C=O) groups excluding carboxylic acids is 1. The summed E-state index contributed by atoms with van der Waals surface area (Å²) in [5, 5.41) is 3.13. The summed E-state index contributed by atoms with van der Waals surface area (Å²) >= 11 is 4.32. The van der Waals surface area contributed by atoms with E-state index in [9.17, 15) is 4.79 Å². The summed E-state index contributed by atoms with van der Waals surface area (Å²) in [4.78, 5) is 15.2. The smallest absolute Gasteiger partial charge is 0.252 e. The highest BCUT2D eigenvalue weighted by molar-refractivity contribution is 7.80. The van der Waals surface area contributed by atoms with Crippen molar-refractivity contribution in [3.63, 3.8) is 0 Å². The summed E-state index contributed by atoms with van der Waals surface area (Å²) < 4.78 is 0. The van der Waals surface area contributed by atoms with Crippen molar-refractivity contribution in [3.05, 3.63) is 29.8 Å². The second-order valence-corrected chi connectivity index (χ2v) is 5.61. The summed E-state index contributed by atoms with van der Waals surface area (Å²) in [6, 6.07) is 7.68. The monoisotopic (exact) mass is 264 g/mol. The first-order chi connectivity index (χ1) is 8.58. The van der Waals surface area contributed by atoms with Gasteiger partial charge in [-0.3, -0.25) is 4.79 Å². The number of benzene rings is 1. The lowest BCUT2D eigenvalue weighted by Gasteiger charge is -2.35. The molecule has 2 atom stereocenters.